The summed E-state index contributed by atoms with van der Waals surface area (Å²) in [5, 5.41) is 7.27. The summed E-state index contributed by atoms with van der Waals surface area (Å²) in [6.07, 6.45) is 4.06. The van der Waals surface area contributed by atoms with Gasteiger partial charge in [0.15, 0.2) is 0 Å². The Labute approximate surface area is 63.3 Å². The highest BCUT2D eigenvalue weighted by Crippen LogP contribution is 2.18. The minimum absolute atomic E-state index is 0.390. The van der Waals surface area contributed by atoms with Crippen LogP contribution in [0.2, 0.25) is 5.02 Å². The lowest BCUT2D eigenvalue weighted by molar-refractivity contribution is 1.32. The Kier molecular flexibility index (Phi) is 1.87. The Morgan fingerprint density at radius 2 is 2.30 bits per heavy atom. The Morgan fingerprint density at radius 3 is 2.80 bits per heavy atom. The predicted molar refractivity (Wildman–Crippen MR) is 41.5 cm³/mol. The van der Waals surface area contributed by atoms with E-state index < -0.39 is 0 Å². The number of hydrogen-bond acceptors (Lipinski definition) is 3. The van der Waals surface area contributed by atoms with Crippen molar-refractivity contribution in [2.75, 3.05) is 5.73 Å². The molecule has 0 atom stereocenters. The van der Waals surface area contributed by atoms with Gasteiger partial charge in [0.1, 0.15) is 0 Å². The zero-order valence-corrected chi connectivity index (χ0v) is 5.89. The first-order valence-electron chi connectivity index (χ1n) is 2.65. The number of nitrogen functional groups attached to an aromatic ring is 1. The van der Waals surface area contributed by atoms with E-state index in [1.54, 1.807) is 0 Å². The molecule has 0 radical (unpaired) electrons. The van der Waals surface area contributed by atoms with Crippen LogP contribution in [0, 0.1) is 5.41 Å². The van der Waals surface area contributed by atoms with Crippen LogP contribution in [0.15, 0.2) is 12.4 Å². The van der Waals surface area contributed by atoms with Gasteiger partial charge in [0.2, 0.25) is 0 Å². The van der Waals surface area contributed by atoms with Gasteiger partial charge >= 0.3 is 0 Å². The van der Waals surface area contributed by atoms with Crippen LogP contribution < -0.4 is 5.73 Å². The molecule has 0 aliphatic rings. The van der Waals surface area contributed by atoms with E-state index in [1.165, 1.54) is 12.4 Å². The summed E-state index contributed by atoms with van der Waals surface area (Å²) >= 11 is 5.60. The molecule has 0 saturated heterocycles. The molecule has 0 aliphatic carbocycles. The van der Waals surface area contributed by atoms with Crippen molar-refractivity contribution in [2.45, 2.75) is 0 Å². The zero-order valence-electron chi connectivity index (χ0n) is 5.13. The van der Waals surface area contributed by atoms with Gasteiger partial charge in [0.25, 0.3) is 0 Å². The number of nitrogens with two attached hydrogens (primary N) is 1. The second-order valence-corrected chi connectivity index (χ2v) is 2.18. The van der Waals surface area contributed by atoms with Gasteiger partial charge in [-0.25, -0.2) is 0 Å². The summed E-state index contributed by atoms with van der Waals surface area (Å²) in [6, 6.07) is 0. The van der Waals surface area contributed by atoms with E-state index in [0.717, 1.165) is 6.21 Å². The third-order valence-corrected chi connectivity index (χ3v) is 1.43. The van der Waals surface area contributed by atoms with Crippen molar-refractivity contribution in [3.8, 4) is 0 Å². The van der Waals surface area contributed by atoms with Gasteiger partial charge in [0.05, 0.1) is 10.7 Å². The van der Waals surface area contributed by atoms with E-state index in [2.05, 4.69) is 4.98 Å². The minimum Gasteiger partial charge on any atom is -0.397 e. The van der Waals surface area contributed by atoms with Crippen molar-refractivity contribution in [3.05, 3.63) is 23.0 Å². The first-order chi connectivity index (χ1) is 4.75. The minimum atomic E-state index is 0.390. The Balaban J connectivity index is 3.27. The average molecular weight is 156 g/mol. The molecule has 0 amide bonds. The van der Waals surface area contributed by atoms with Gasteiger partial charge in [-0.2, -0.15) is 0 Å². The van der Waals surface area contributed by atoms with Crippen molar-refractivity contribution in [1.29, 1.82) is 5.41 Å². The fourth-order valence-electron chi connectivity index (χ4n) is 0.575. The van der Waals surface area contributed by atoms with Gasteiger partial charge in [-0.3, -0.25) is 4.98 Å². The molecule has 1 heterocycles. The number of halogens is 1. The summed E-state index contributed by atoms with van der Waals surface area (Å²) < 4.78 is 0. The lowest BCUT2D eigenvalue weighted by atomic mass is 10.2. The highest BCUT2D eigenvalue weighted by Gasteiger charge is 1.98. The Hall–Kier alpha value is -1.09. The number of anilines is 1. The number of pyridine rings is 1. The molecule has 3 N–H and O–H groups in total. The average Bonchev–Trinajstić information content (AvgIpc) is 1.95. The Morgan fingerprint density at radius 1 is 1.60 bits per heavy atom. The molecule has 1 rings (SSSR count). The summed E-state index contributed by atoms with van der Waals surface area (Å²) in [5.41, 5.74) is 6.43. The van der Waals surface area contributed by atoms with Crippen molar-refractivity contribution in [3.63, 3.8) is 0 Å². The molecule has 3 nitrogen and oxygen atoms in total. The van der Waals surface area contributed by atoms with E-state index >= 15 is 0 Å². The van der Waals surface area contributed by atoms with Crippen molar-refractivity contribution in [2.24, 2.45) is 0 Å². The predicted octanol–water partition coefficient (Wildman–Crippen LogP) is 1.31. The molecule has 0 aliphatic heterocycles. The fourth-order valence-corrected chi connectivity index (χ4v) is 0.740. The van der Waals surface area contributed by atoms with Gasteiger partial charge in [-0.1, -0.05) is 11.6 Å². The second-order valence-electron chi connectivity index (χ2n) is 1.77. The molecule has 0 spiro atoms. The summed E-state index contributed by atoms with van der Waals surface area (Å²) in [6.45, 7) is 0. The van der Waals surface area contributed by atoms with E-state index in [4.69, 9.17) is 22.7 Å². The summed E-state index contributed by atoms with van der Waals surface area (Å²) in [5.74, 6) is 0. The van der Waals surface area contributed by atoms with E-state index in [1.807, 2.05) is 0 Å². The molecule has 1 aromatic rings. The molecular formula is C6H6ClN3. The van der Waals surface area contributed by atoms with Crippen LogP contribution in [-0.4, -0.2) is 11.2 Å². The second kappa shape index (κ2) is 2.66. The standard InChI is InChI=1S/C6H6ClN3/c7-5-3-10-2-4(1-8)6(5)9/h1-3,8H,(H2,9,10). The first-order valence-corrected chi connectivity index (χ1v) is 3.03. The van der Waals surface area contributed by atoms with Crippen molar-refractivity contribution >= 4 is 23.5 Å². The van der Waals surface area contributed by atoms with Gasteiger partial charge < -0.3 is 11.1 Å². The number of nitrogens with one attached hydrogen (secondary N) is 1. The van der Waals surface area contributed by atoms with Gasteiger partial charge in [0, 0.05) is 24.2 Å². The van der Waals surface area contributed by atoms with Crippen LogP contribution in [0.25, 0.3) is 0 Å². The highest BCUT2D eigenvalue weighted by atomic mass is 35.5. The molecule has 1 aromatic heterocycles. The quantitative estimate of drug-likeness (QED) is 0.601. The number of rotatable bonds is 1. The largest absolute Gasteiger partial charge is 0.397 e. The van der Waals surface area contributed by atoms with E-state index in [0.29, 0.717) is 16.3 Å². The lowest BCUT2D eigenvalue weighted by Crippen LogP contribution is -1.94. The third-order valence-electron chi connectivity index (χ3n) is 1.13. The molecule has 0 saturated carbocycles. The maximum absolute atomic E-state index is 6.88. The van der Waals surface area contributed by atoms with Crippen LogP contribution >= 0.6 is 11.6 Å². The van der Waals surface area contributed by atoms with Crippen molar-refractivity contribution < 1.29 is 0 Å². The molecule has 0 aromatic carbocycles. The normalized spacial score (nSPS) is 9.30. The molecular weight excluding hydrogens is 150 g/mol. The molecule has 0 unspecified atom stereocenters. The van der Waals surface area contributed by atoms with E-state index in [9.17, 15) is 0 Å². The lowest BCUT2D eigenvalue weighted by Gasteiger charge is -1.98. The third kappa shape index (κ3) is 1.09. The topological polar surface area (TPSA) is 62.8 Å². The highest BCUT2D eigenvalue weighted by molar-refractivity contribution is 6.33. The number of hydrogen-bond donors (Lipinski definition) is 2. The van der Waals surface area contributed by atoms with Gasteiger partial charge in [-0.05, 0) is 0 Å². The van der Waals surface area contributed by atoms with E-state index in [-0.39, 0.29) is 0 Å². The zero-order chi connectivity index (χ0) is 7.56. The molecule has 0 fully saturated rings. The molecule has 0 bridgehead atoms. The maximum atomic E-state index is 6.88. The summed E-state index contributed by atoms with van der Waals surface area (Å²) in [7, 11) is 0. The fraction of sp³-hybridized carbons (Fsp3) is 0. The molecule has 52 valence electrons. The van der Waals surface area contributed by atoms with Crippen LogP contribution in [0.1, 0.15) is 5.56 Å². The van der Waals surface area contributed by atoms with Crippen LogP contribution in [0.4, 0.5) is 5.69 Å². The smallest absolute Gasteiger partial charge is 0.0825 e. The summed E-state index contributed by atoms with van der Waals surface area (Å²) in [4.78, 5) is 3.75. The van der Waals surface area contributed by atoms with Crippen LogP contribution in [-0.2, 0) is 0 Å². The Bertz CT molecular complexity index is 259. The van der Waals surface area contributed by atoms with Gasteiger partial charge in [-0.15, -0.1) is 0 Å². The maximum Gasteiger partial charge on any atom is 0.0825 e. The molecule has 10 heavy (non-hydrogen) atoms. The monoisotopic (exact) mass is 155 g/mol. The van der Waals surface area contributed by atoms with Crippen LogP contribution in [0.5, 0.6) is 0 Å². The van der Waals surface area contributed by atoms with Crippen LogP contribution in [0.3, 0.4) is 0 Å². The molecule has 4 heteroatoms. The van der Waals surface area contributed by atoms with Crippen molar-refractivity contribution in [1.82, 2.24) is 4.98 Å². The number of nitrogens with zero attached hydrogens (tertiary/aromatic N) is 1. The number of aromatic nitrogens is 1. The first kappa shape index (κ1) is 7.02. The SMILES string of the molecule is N=Cc1cncc(Cl)c1N.